The van der Waals surface area contributed by atoms with E-state index in [1.54, 1.807) is 18.2 Å². The molecule has 0 aliphatic carbocycles. The Kier molecular flexibility index (Phi) is 4.68. The zero-order valence-corrected chi connectivity index (χ0v) is 11.2. The van der Waals surface area contributed by atoms with Crippen LogP contribution in [-0.2, 0) is 5.75 Å². The Morgan fingerprint density at radius 3 is 2.89 bits per heavy atom. The standard InChI is InChI=1S/C13H14FNO3S/c1-2-12(18-11-6-4-3-5-10(11)14)19-8-9-7-15-13(16)17-9/h3-7,12H,2,8H2,1H3,(H,15,16). The predicted octanol–water partition coefficient (Wildman–Crippen LogP) is 3.16. The van der Waals surface area contributed by atoms with Crippen LogP contribution in [-0.4, -0.2) is 10.4 Å². The summed E-state index contributed by atoms with van der Waals surface area (Å²) in [5.41, 5.74) is -0.197. The van der Waals surface area contributed by atoms with E-state index in [1.165, 1.54) is 24.0 Å². The zero-order valence-electron chi connectivity index (χ0n) is 10.4. The third-order valence-electron chi connectivity index (χ3n) is 2.41. The summed E-state index contributed by atoms with van der Waals surface area (Å²) in [4.78, 5) is 13.3. The second-order valence-corrected chi connectivity index (χ2v) is 4.99. The Morgan fingerprint density at radius 1 is 1.47 bits per heavy atom. The van der Waals surface area contributed by atoms with Crippen LogP contribution in [0.1, 0.15) is 19.1 Å². The lowest BCUT2D eigenvalue weighted by Crippen LogP contribution is -2.11. The van der Waals surface area contributed by atoms with E-state index < -0.39 is 5.76 Å². The van der Waals surface area contributed by atoms with Crippen LogP contribution in [0.25, 0.3) is 0 Å². The highest BCUT2D eigenvalue weighted by molar-refractivity contribution is 7.99. The largest absolute Gasteiger partial charge is 0.477 e. The highest BCUT2D eigenvalue weighted by atomic mass is 32.2. The number of H-pyrrole nitrogens is 1. The van der Waals surface area contributed by atoms with Crippen molar-refractivity contribution in [1.82, 2.24) is 4.98 Å². The molecule has 4 nitrogen and oxygen atoms in total. The summed E-state index contributed by atoms with van der Waals surface area (Å²) >= 11 is 1.45. The van der Waals surface area contributed by atoms with Crippen molar-refractivity contribution in [2.75, 3.05) is 0 Å². The maximum absolute atomic E-state index is 13.5. The Hall–Kier alpha value is -1.69. The van der Waals surface area contributed by atoms with Crippen molar-refractivity contribution in [3.05, 3.63) is 52.6 Å². The van der Waals surface area contributed by atoms with Gasteiger partial charge in [-0.05, 0) is 18.6 Å². The van der Waals surface area contributed by atoms with E-state index in [4.69, 9.17) is 9.15 Å². The number of benzene rings is 1. The quantitative estimate of drug-likeness (QED) is 0.827. The van der Waals surface area contributed by atoms with E-state index in [9.17, 15) is 9.18 Å². The number of nitrogens with one attached hydrogen (secondary N) is 1. The summed E-state index contributed by atoms with van der Waals surface area (Å²) in [7, 11) is 0. The number of hydrogen-bond donors (Lipinski definition) is 1. The average Bonchev–Trinajstić information content (AvgIpc) is 2.82. The summed E-state index contributed by atoms with van der Waals surface area (Å²) in [5.74, 6) is 0.419. The van der Waals surface area contributed by atoms with Gasteiger partial charge in [0.1, 0.15) is 11.2 Å². The van der Waals surface area contributed by atoms with Gasteiger partial charge in [0.05, 0.1) is 5.75 Å². The van der Waals surface area contributed by atoms with Gasteiger partial charge in [-0.25, -0.2) is 9.18 Å². The van der Waals surface area contributed by atoms with Gasteiger partial charge < -0.3 is 9.15 Å². The number of oxazole rings is 1. The summed E-state index contributed by atoms with van der Waals surface area (Å²) < 4.78 is 23.9. The molecular formula is C13H14FNO3S. The van der Waals surface area contributed by atoms with Crippen LogP contribution < -0.4 is 10.5 Å². The first-order valence-corrected chi connectivity index (χ1v) is 6.94. The van der Waals surface area contributed by atoms with Gasteiger partial charge >= 0.3 is 5.76 Å². The van der Waals surface area contributed by atoms with Gasteiger partial charge in [-0.1, -0.05) is 19.1 Å². The number of para-hydroxylation sites is 1. The number of aromatic nitrogens is 1. The molecule has 1 atom stereocenters. The van der Waals surface area contributed by atoms with E-state index in [-0.39, 0.29) is 17.0 Å². The lowest BCUT2D eigenvalue weighted by Gasteiger charge is -2.16. The summed E-state index contributed by atoms with van der Waals surface area (Å²) in [5, 5.41) is 0. The van der Waals surface area contributed by atoms with E-state index in [0.717, 1.165) is 0 Å². The number of ether oxygens (including phenoxy) is 1. The highest BCUT2D eigenvalue weighted by Crippen LogP contribution is 2.25. The molecule has 0 fully saturated rings. The molecule has 0 bridgehead atoms. The van der Waals surface area contributed by atoms with Crippen molar-refractivity contribution in [3.8, 4) is 5.75 Å². The van der Waals surface area contributed by atoms with Crippen LogP contribution in [0, 0.1) is 5.82 Å². The van der Waals surface area contributed by atoms with E-state index in [1.807, 2.05) is 6.92 Å². The lowest BCUT2D eigenvalue weighted by molar-refractivity contribution is 0.270. The van der Waals surface area contributed by atoms with Gasteiger partial charge in [0, 0.05) is 6.20 Å². The molecular weight excluding hydrogens is 269 g/mol. The second-order valence-electron chi connectivity index (χ2n) is 3.84. The first-order chi connectivity index (χ1) is 9.19. The molecule has 1 aromatic carbocycles. The molecule has 1 aromatic heterocycles. The lowest BCUT2D eigenvalue weighted by atomic mass is 10.3. The molecule has 102 valence electrons. The predicted molar refractivity (Wildman–Crippen MR) is 71.7 cm³/mol. The van der Waals surface area contributed by atoms with Crippen molar-refractivity contribution in [2.45, 2.75) is 24.5 Å². The topological polar surface area (TPSA) is 55.2 Å². The molecule has 6 heteroatoms. The highest BCUT2D eigenvalue weighted by Gasteiger charge is 2.12. The molecule has 0 radical (unpaired) electrons. The van der Waals surface area contributed by atoms with Crippen molar-refractivity contribution >= 4 is 11.8 Å². The molecule has 0 amide bonds. The Balaban J connectivity index is 1.93. The van der Waals surface area contributed by atoms with Crippen LogP contribution in [0.5, 0.6) is 5.75 Å². The Labute approximate surface area is 114 Å². The monoisotopic (exact) mass is 283 g/mol. The molecule has 2 aromatic rings. The number of rotatable bonds is 6. The minimum atomic E-state index is -0.473. The molecule has 1 N–H and O–H groups in total. The zero-order chi connectivity index (χ0) is 13.7. The maximum Gasteiger partial charge on any atom is 0.416 e. The van der Waals surface area contributed by atoms with Gasteiger partial charge in [-0.3, -0.25) is 4.98 Å². The second kappa shape index (κ2) is 6.47. The van der Waals surface area contributed by atoms with Crippen molar-refractivity contribution in [2.24, 2.45) is 0 Å². The average molecular weight is 283 g/mol. The molecule has 19 heavy (non-hydrogen) atoms. The van der Waals surface area contributed by atoms with Gasteiger partial charge in [-0.2, -0.15) is 0 Å². The van der Waals surface area contributed by atoms with Gasteiger partial charge in [0.2, 0.25) is 0 Å². The minimum Gasteiger partial charge on any atom is -0.477 e. The molecule has 0 saturated heterocycles. The van der Waals surface area contributed by atoms with Gasteiger partial charge in [0.15, 0.2) is 11.6 Å². The summed E-state index contributed by atoms with van der Waals surface area (Å²) in [6.45, 7) is 1.95. The smallest absolute Gasteiger partial charge is 0.416 e. The molecule has 0 aliphatic rings. The minimum absolute atomic E-state index is 0.197. The van der Waals surface area contributed by atoms with Gasteiger partial charge in [0.25, 0.3) is 0 Å². The fourth-order valence-electron chi connectivity index (χ4n) is 1.48. The van der Waals surface area contributed by atoms with Crippen molar-refractivity contribution in [3.63, 3.8) is 0 Å². The number of hydrogen-bond acceptors (Lipinski definition) is 4. The SMILES string of the molecule is CCC(Oc1ccccc1F)SCc1c[nH]c(=O)o1. The van der Waals surface area contributed by atoms with Crippen LogP contribution in [0.2, 0.25) is 0 Å². The Bertz CT molecular complexity index is 581. The van der Waals surface area contributed by atoms with Gasteiger partial charge in [-0.15, -0.1) is 11.8 Å². The van der Waals surface area contributed by atoms with E-state index in [0.29, 0.717) is 17.9 Å². The number of thioether (sulfide) groups is 1. The molecule has 0 spiro atoms. The van der Waals surface area contributed by atoms with Crippen LogP contribution in [0.3, 0.4) is 0 Å². The summed E-state index contributed by atoms with van der Waals surface area (Å²) in [6.07, 6.45) is 2.23. The molecule has 0 aliphatic heterocycles. The fourth-order valence-corrected chi connectivity index (χ4v) is 2.38. The first kappa shape index (κ1) is 13.7. The first-order valence-electron chi connectivity index (χ1n) is 5.89. The normalized spacial score (nSPS) is 12.3. The van der Waals surface area contributed by atoms with Crippen molar-refractivity contribution in [1.29, 1.82) is 0 Å². The third kappa shape index (κ3) is 3.89. The van der Waals surface area contributed by atoms with Crippen molar-refractivity contribution < 1.29 is 13.5 Å². The summed E-state index contributed by atoms with van der Waals surface area (Å²) in [6, 6.07) is 6.29. The van der Waals surface area contributed by atoms with Crippen LogP contribution >= 0.6 is 11.8 Å². The maximum atomic E-state index is 13.5. The molecule has 1 heterocycles. The number of halogens is 1. The van der Waals surface area contributed by atoms with Crippen LogP contribution in [0.15, 0.2) is 39.7 Å². The fraction of sp³-hybridized carbons (Fsp3) is 0.308. The molecule has 1 unspecified atom stereocenters. The van der Waals surface area contributed by atoms with E-state index >= 15 is 0 Å². The number of aromatic amines is 1. The third-order valence-corrected chi connectivity index (χ3v) is 3.67. The van der Waals surface area contributed by atoms with E-state index in [2.05, 4.69) is 4.98 Å². The molecule has 2 rings (SSSR count). The Morgan fingerprint density at radius 2 is 2.26 bits per heavy atom. The van der Waals surface area contributed by atoms with Crippen LogP contribution in [0.4, 0.5) is 4.39 Å². The molecule has 0 saturated carbocycles.